The van der Waals surface area contributed by atoms with Crippen molar-refractivity contribution in [2.24, 2.45) is 23.2 Å². The molecule has 4 fully saturated rings. The number of hydrogen-bond donors (Lipinski definition) is 6. The summed E-state index contributed by atoms with van der Waals surface area (Å²) < 4.78 is 11.5. The summed E-state index contributed by atoms with van der Waals surface area (Å²) in [7, 11) is 3.56. The van der Waals surface area contributed by atoms with Gasteiger partial charge in [-0.15, -0.1) is 0 Å². The first-order chi connectivity index (χ1) is 31.2. The number of aromatic nitrogens is 2. The van der Waals surface area contributed by atoms with Crippen molar-refractivity contribution < 1.29 is 33.4 Å². The minimum absolute atomic E-state index is 0.0180. The number of likely N-dealkylation sites (tertiary alicyclic amines) is 2. The number of amides is 5. The van der Waals surface area contributed by atoms with Gasteiger partial charge in [-0.25, -0.2) is 4.79 Å². The fraction of sp³-hybridized carbons (Fsp3) is 0.574. The smallest absolute Gasteiger partial charge is 0.410 e. The van der Waals surface area contributed by atoms with Crippen molar-refractivity contribution in [1.82, 2.24) is 41.0 Å². The Bertz CT molecular complexity index is 2480. The van der Waals surface area contributed by atoms with Crippen molar-refractivity contribution >= 4 is 40.6 Å². The highest BCUT2D eigenvalue weighted by molar-refractivity contribution is 6.01. The summed E-state index contributed by atoms with van der Waals surface area (Å²) in [5.41, 5.74) is -0.0518. The molecule has 6 N–H and O–H groups in total. The van der Waals surface area contributed by atoms with Crippen LogP contribution in [-0.4, -0.2) is 120 Å². The van der Waals surface area contributed by atoms with Gasteiger partial charge in [-0.3, -0.25) is 28.9 Å². The van der Waals surface area contributed by atoms with Crippen LogP contribution in [0, 0.1) is 45.8 Å². The molecule has 5 aliphatic rings. The molecule has 5 heterocycles. The molecule has 344 valence electrons. The van der Waals surface area contributed by atoms with E-state index in [1.807, 2.05) is 26.1 Å². The molecule has 1 aromatic carbocycles. The maximum atomic E-state index is 14.4. The number of nitriles is 2. The van der Waals surface area contributed by atoms with Crippen LogP contribution in [0.4, 0.5) is 4.79 Å². The first-order valence-corrected chi connectivity index (χ1v) is 22.7. The fourth-order valence-corrected chi connectivity index (χ4v) is 10.6. The summed E-state index contributed by atoms with van der Waals surface area (Å²) in [5, 5.41) is 32.7. The van der Waals surface area contributed by atoms with Crippen molar-refractivity contribution in [3.8, 4) is 17.9 Å². The Morgan fingerprint density at radius 1 is 1.05 bits per heavy atom. The predicted molar refractivity (Wildman–Crippen MR) is 236 cm³/mol. The topological polar surface area (TPSA) is 255 Å². The van der Waals surface area contributed by atoms with E-state index < -0.39 is 52.9 Å². The fourth-order valence-electron chi connectivity index (χ4n) is 10.6. The molecule has 5 amide bonds. The molecular weight excluding hydrogens is 833 g/mol. The van der Waals surface area contributed by atoms with Crippen LogP contribution in [-0.2, 0) is 32.0 Å². The van der Waals surface area contributed by atoms with Crippen molar-refractivity contribution in [1.29, 1.82) is 10.5 Å². The maximum absolute atomic E-state index is 14.4. The van der Waals surface area contributed by atoms with E-state index in [0.29, 0.717) is 67.3 Å². The van der Waals surface area contributed by atoms with Gasteiger partial charge < -0.3 is 45.6 Å². The lowest BCUT2D eigenvalue weighted by Gasteiger charge is -2.34. The minimum Gasteiger partial charge on any atom is -0.496 e. The summed E-state index contributed by atoms with van der Waals surface area (Å²) in [6, 6.07) is 10.4. The van der Waals surface area contributed by atoms with Crippen molar-refractivity contribution in [3.05, 3.63) is 63.7 Å². The van der Waals surface area contributed by atoms with Crippen LogP contribution in [0.5, 0.6) is 5.75 Å². The van der Waals surface area contributed by atoms with E-state index in [1.54, 1.807) is 31.5 Å². The van der Waals surface area contributed by atoms with Gasteiger partial charge in [-0.2, -0.15) is 10.5 Å². The minimum atomic E-state index is -1.37. The van der Waals surface area contributed by atoms with Crippen LogP contribution in [0.3, 0.4) is 0 Å². The SMILES string of the molecule is COc1cccc2[nH]c(C(=O)NC(CC3CC3CC3(C)C[C@@H](C(=O)N[C@H](C#N)C[C@@H]4CCNC4=O)N(C(=O)OC4CCN(C)CC4)C3)C(=O)NC3(C#N)CCc4cc[nH]c(=O)c4C3)cc12. The standard InChI is InChI=1S/C47H58N10O8/c1-46(23-38(44(62)52-31(24-48)18-28-9-14-50-40(28)58)57(26-46)45(63)65-32-10-15-56(2)16-11-32)21-30-17-29(30)19-36(54-42(60)37-20-33-35(53-37)5-4-6-39(33)64-3)43(61)55-47(25-49)12-7-27-8-13-51-41(59)34(27)22-47/h4-6,8,13,20,28-32,36,38,53H,7,9-12,14-19,21-23,26H2,1-3H3,(H,50,58)(H,51,59)(H,52,62)(H,54,60)(H,55,61)/t28-,29?,30?,31-,36?,38-,46?,47?/m0/s1. The monoisotopic (exact) mass is 890 g/mol. The number of pyridine rings is 1. The van der Waals surface area contributed by atoms with Gasteiger partial charge in [0.05, 0.1) is 19.2 Å². The zero-order valence-corrected chi connectivity index (χ0v) is 37.2. The summed E-state index contributed by atoms with van der Waals surface area (Å²) in [6.45, 7) is 4.35. The Balaban J connectivity index is 0.984. The third kappa shape index (κ3) is 9.98. The highest BCUT2D eigenvalue weighted by Crippen LogP contribution is 2.52. The quantitative estimate of drug-likeness (QED) is 0.137. The molecule has 5 unspecified atom stereocenters. The molecule has 3 aromatic rings. The molecule has 18 heteroatoms. The Hall–Kier alpha value is -6.40. The highest BCUT2D eigenvalue weighted by Gasteiger charge is 2.52. The molecule has 2 aromatic heterocycles. The van der Waals surface area contributed by atoms with Crippen LogP contribution >= 0.6 is 0 Å². The van der Waals surface area contributed by atoms with Gasteiger partial charge in [0.1, 0.15) is 41.2 Å². The number of methoxy groups -OCH3 is 1. The summed E-state index contributed by atoms with van der Waals surface area (Å²) >= 11 is 0. The first kappa shape index (κ1) is 45.2. The van der Waals surface area contributed by atoms with E-state index in [4.69, 9.17) is 9.47 Å². The van der Waals surface area contributed by atoms with E-state index in [0.717, 1.165) is 25.1 Å². The van der Waals surface area contributed by atoms with Gasteiger partial charge in [-0.05, 0) is 118 Å². The Morgan fingerprint density at radius 2 is 1.85 bits per heavy atom. The van der Waals surface area contributed by atoms with Crippen LogP contribution < -0.4 is 31.6 Å². The number of nitrogens with zero attached hydrogens (tertiary/aromatic N) is 4. The van der Waals surface area contributed by atoms with Crippen LogP contribution in [0.1, 0.15) is 86.3 Å². The van der Waals surface area contributed by atoms with E-state index in [-0.39, 0.29) is 73.2 Å². The second-order valence-corrected chi connectivity index (χ2v) is 19.2. The normalized spacial score (nSPS) is 27.3. The Labute approximate surface area is 377 Å². The van der Waals surface area contributed by atoms with Crippen LogP contribution in [0.2, 0.25) is 0 Å². The number of carbonyl (C=O) groups is 5. The molecule has 65 heavy (non-hydrogen) atoms. The number of benzene rings is 1. The molecule has 8 atom stereocenters. The van der Waals surface area contributed by atoms with Gasteiger partial charge in [-0.1, -0.05) is 13.0 Å². The number of ether oxygens (including phenoxy) is 2. The third-order valence-electron chi connectivity index (χ3n) is 14.3. The maximum Gasteiger partial charge on any atom is 0.410 e. The lowest BCUT2D eigenvalue weighted by atomic mass is 9.79. The van der Waals surface area contributed by atoms with E-state index in [2.05, 4.69) is 48.3 Å². The summed E-state index contributed by atoms with van der Waals surface area (Å²) in [5.74, 6) is -1.42. The Kier molecular flexibility index (Phi) is 12.9. The molecule has 8 rings (SSSR count). The van der Waals surface area contributed by atoms with Crippen LogP contribution in [0.25, 0.3) is 10.9 Å². The number of nitrogens with one attached hydrogen (secondary N) is 6. The summed E-state index contributed by atoms with van der Waals surface area (Å²) in [6.07, 6.45) is 5.42. The van der Waals surface area contributed by atoms with E-state index in [9.17, 15) is 39.3 Å². The second-order valence-electron chi connectivity index (χ2n) is 19.2. The van der Waals surface area contributed by atoms with Gasteiger partial charge in [0.2, 0.25) is 17.7 Å². The molecule has 1 saturated carbocycles. The van der Waals surface area contributed by atoms with Gasteiger partial charge in [0.25, 0.3) is 11.5 Å². The first-order valence-electron chi connectivity index (χ1n) is 22.7. The molecule has 2 aliphatic carbocycles. The largest absolute Gasteiger partial charge is 0.496 e. The summed E-state index contributed by atoms with van der Waals surface area (Å²) in [4.78, 5) is 90.9. The molecular formula is C47H58N10O8. The van der Waals surface area contributed by atoms with E-state index in [1.165, 1.54) is 4.90 Å². The number of H-pyrrole nitrogens is 2. The van der Waals surface area contributed by atoms with Gasteiger partial charge in [0.15, 0.2) is 0 Å². The lowest BCUT2D eigenvalue weighted by molar-refractivity contribution is -0.127. The number of piperidine rings is 1. The average Bonchev–Trinajstić information content (AvgIpc) is 3.56. The van der Waals surface area contributed by atoms with Crippen LogP contribution in [0.15, 0.2) is 41.3 Å². The zero-order chi connectivity index (χ0) is 46.0. The van der Waals surface area contributed by atoms with Gasteiger partial charge >= 0.3 is 6.09 Å². The third-order valence-corrected chi connectivity index (χ3v) is 14.3. The lowest BCUT2D eigenvalue weighted by Crippen LogP contribution is -2.57. The molecule has 18 nitrogen and oxygen atoms in total. The van der Waals surface area contributed by atoms with Gasteiger partial charge in [0, 0.05) is 61.2 Å². The molecule has 3 saturated heterocycles. The average molecular weight is 891 g/mol. The van der Waals surface area contributed by atoms with Crippen molar-refractivity contribution in [2.45, 2.75) is 107 Å². The number of aryl methyl sites for hydroxylation is 1. The molecule has 0 spiro atoms. The van der Waals surface area contributed by atoms with Crippen molar-refractivity contribution in [3.63, 3.8) is 0 Å². The zero-order valence-electron chi connectivity index (χ0n) is 37.2. The number of fused-ring (bicyclic) bond motifs is 2. The number of aromatic amines is 2. The number of hydrogen-bond acceptors (Lipinski definition) is 11. The van der Waals surface area contributed by atoms with E-state index >= 15 is 0 Å². The number of rotatable bonds is 14. The van der Waals surface area contributed by atoms with Crippen molar-refractivity contribution in [2.75, 3.05) is 40.3 Å². The number of carbonyl (C=O) groups excluding carboxylic acids is 5. The predicted octanol–water partition coefficient (Wildman–Crippen LogP) is 2.79. The molecule has 0 bridgehead atoms. The highest BCUT2D eigenvalue weighted by atomic mass is 16.6. The molecule has 0 radical (unpaired) electrons. The second kappa shape index (κ2) is 18.6. The Morgan fingerprint density at radius 3 is 2.57 bits per heavy atom. The molecule has 3 aliphatic heterocycles.